The monoisotopic (exact) mass is 359 g/mol. The van der Waals surface area contributed by atoms with Crippen molar-refractivity contribution in [2.45, 2.75) is 52.0 Å². The molecule has 140 valence electrons. The fraction of sp³-hybridized carbons (Fsp3) is 0.579. The molecule has 4 rings (SSSR count). The van der Waals surface area contributed by atoms with E-state index < -0.39 is 0 Å². The molecule has 2 aliphatic rings. The van der Waals surface area contributed by atoms with Crippen LogP contribution in [-0.2, 0) is 22.6 Å². The third kappa shape index (κ3) is 3.54. The average Bonchev–Trinajstić information content (AvgIpc) is 3.36. The highest BCUT2D eigenvalue weighted by Crippen LogP contribution is 2.34. The van der Waals surface area contributed by atoms with Crippen molar-refractivity contribution in [2.75, 3.05) is 13.1 Å². The molecule has 2 aromatic heterocycles. The molecule has 4 heterocycles. The van der Waals surface area contributed by atoms with E-state index in [0.717, 1.165) is 55.3 Å². The van der Waals surface area contributed by atoms with Crippen LogP contribution in [0.15, 0.2) is 27.3 Å². The van der Waals surface area contributed by atoms with Gasteiger partial charge in [-0.2, -0.15) is 0 Å². The van der Waals surface area contributed by atoms with Crippen molar-refractivity contribution in [3.63, 3.8) is 0 Å². The molecule has 2 aliphatic heterocycles. The molecule has 3 atom stereocenters. The van der Waals surface area contributed by atoms with E-state index in [2.05, 4.69) is 15.4 Å². The third-order valence-electron chi connectivity index (χ3n) is 5.51. The van der Waals surface area contributed by atoms with Crippen molar-refractivity contribution in [1.82, 2.24) is 15.4 Å². The fourth-order valence-electron chi connectivity index (χ4n) is 3.96. The predicted octanol–water partition coefficient (Wildman–Crippen LogP) is 2.18. The molecule has 1 amide bonds. The molecule has 2 fully saturated rings. The van der Waals surface area contributed by atoms with Crippen LogP contribution >= 0.6 is 0 Å². The molecule has 2 aromatic rings. The van der Waals surface area contributed by atoms with Gasteiger partial charge < -0.3 is 19.0 Å². The van der Waals surface area contributed by atoms with E-state index in [1.165, 1.54) is 0 Å². The SMILES string of the molecule is Cc1noc(C)c1CN1CC[C@@H]2C[C@@H](C(=O)NCc3ccco3)O[C@H]2C1. The molecule has 0 aromatic carbocycles. The first kappa shape index (κ1) is 17.3. The Balaban J connectivity index is 1.30. The summed E-state index contributed by atoms with van der Waals surface area (Å²) >= 11 is 0. The number of aryl methyl sites for hydroxylation is 2. The zero-order chi connectivity index (χ0) is 18.1. The number of furan rings is 1. The van der Waals surface area contributed by atoms with Gasteiger partial charge in [0.15, 0.2) is 0 Å². The summed E-state index contributed by atoms with van der Waals surface area (Å²) in [6.45, 7) is 7.01. The average molecular weight is 359 g/mol. The van der Waals surface area contributed by atoms with Crippen molar-refractivity contribution in [1.29, 1.82) is 0 Å². The number of hydrogen-bond acceptors (Lipinski definition) is 6. The van der Waals surface area contributed by atoms with E-state index in [4.69, 9.17) is 13.7 Å². The highest BCUT2D eigenvalue weighted by Gasteiger charge is 2.41. The second-order valence-electron chi connectivity index (χ2n) is 7.28. The number of fused-ring (bicyclic) bond motifs is 1. The summed E-state index contributed by atoms with van der Waals surface area (Å²) < 4.78 is 16.6. The Bertz CT molecular complexity index is 735. The fourth-order valence-corrected chi connectivity index (χ4v) is 3.96. The van der Waals surface area contributed by atoms with Gasteiger partial charge in [-0.1, -0.05) is 5.16 Å². The molecule has 0 bridgehead atoms. The van der Waals surface area contributed by atoms with Crippen LogP contribution in [0.25, 0.3) is 0 Å². The largest absolute Gasteiger partial charge is 0.467 e. The first-order chi connectivity index (χ1) is 12.6. The summed E-state index contributed by atoms with van der Waals surface area (Å²) in [6, 6.07) is 3.66. The maximum absolute atomic E-state index is 12.4. The molecule has 0 spiro atoms. The van der Waals surface area contributed by atoms with Crippen molar-refractivity contribution >= 4 is 5.91 Å². The minimum absolute atomic E-state index is 0.0481. The number of rotatable bonds is 5. The summed E-state index contributed by atoms with van der Waals surface area (Å²) in [7, 11) is 0. The number of nitrogens with one attached hydrogen (secondary N) is 1. The van der Waals surface area contributed by atoms with Gasteiger partial charge in [0.1, 0.15) is 17.6 Å². The first-order valence-corrected chi connectivity index (χ1v) is 9.20. The molecule has 2 saturated heterocycles. The lowest BCUT2D eigenvalue weighted by Crippen LogP contribution is -2.42. The lowest BCUT2D eigenvalue weighted by molar-refractivity contribution is -0.133. The Hall–Kier alpha value is -2.12. The Kier molecular flexibility index (Phi) is 4.82. The van der Waals surface area contributed by atoms with E-state index in [1.54, 1.807) is 6.26 Å². The lowest BCUT2D eigenvalue weighted by Gasteiger charge is -2.33. The van der Waals surface area contributed by atoms with E-state index in [-0.39, 0.29) is 18.1 Å². The Morgan fingerprint density at radius 2 is 2.31 bits per heavy atom. The number of likely N-dealkylation sites (tertiary alicyclic amines) is 1. The zero-order valence-electron chi connectivity index (χ0n) is 15.2. The highest BCUT2D eigenvalue weighted by molar-refractivity contribution is 5.81. The summed E-state index contributed by atoms with van der Waals surface area (Å²) in [4.78, 5) is 14.8. The molecule has 0 radical (unpaired) electrons. The smallest absolute Gasteiger partial charge is 0.249 e. The summed E-state index contributed by atoms with van der Waals surface area (Å²) in [6.07, 6.45) is 3.21. The molecule has 0 unspecified atom stereocenters. The number of hydrogen-bond donors (Lipinski definition) is 1. The quantitative estimate of drug-likeness (QED) is 0.881. The van der Waals surface area contributed by atoms with E-state index in [0.29, 0.717) is 12.5 Å². The maximum Gasteiger partial charge on any atom is 0.249 e. The number of carbonyl (C=O) groups excluding carboxylic acids is 1. The second-order valence-corrected chi connectivity index (χ2v) is 7.28. The van der Waals surface area contributed by atoms with Crippen molar-refractivity contribution < 1.29 is 18.5 Å². The topological polar surface area (TPSA) is 80.7 Å². The van der Waals surface area contributed by atoms with Crippen LogP contribution in [0.5, 0.6) is 0 Å². The van der Waals surface area contributed by atoms with E-state index in [1.807, 2.05) is 26.0 Å². The summed E-state index contributed by atoms with van der Waals surface area (Å²) in [5.41, 5.74) is 2.11. The van der Waals surface area contributed by atoms with Gasteiger partial charge in [0, 0.05) is 18.7 Å². The van der Waals surface area contributed by atoms with E-state index in [9.17, 15) is 4.79 Å². The Morgan fingerprint density at radius 1 is 1.42 bits per heavy atom. The molecular weight excluding hydrogens is 334 g/mol. The van der Waals surface area contributed by atoms with Crippen LogP contribution in [0, 0.1) is 19.8 Å². The van der Waals surface area contributed by atoms with Gasteiger partial charge in [0.25, 0.3) is 0 Å². The minimum atomic E-state index is -0.362. The molecule has 7 heteroatoms. The van der Waals surface area contributed by atoms with Crippen LogP contribution in [0.2, 0.25) is 0 Å². The summed E-state index contributed by atoms with van der Waals surface area (Å²) in [5, 5.41) is 6.94. The summed E-state index contributed by atoms with van der Waals surface area (Å²) in [5.74, 6) is 2.04. The van der Waals surface area contributed by atoms with Crippen LogP contribution in [0.1, 0.15) is 35.6 Å². The molecule has 1 N–H and O–H groups in total. The van der Waals surface area contributed by atoms with Crippen molar-refractivity contribution in [2.24, 2.45) is 5.92 Å². The van der Waals surface area contributed by atoms with Crippen LogP contribution in [0.3, 0.4) is 0 Å². The number of ether oxygens (including phenoxy) is 1. The van der Waals surface area contributed by atoms with Gasteiger partial charge in [-0.05, 0) is 51.3 Å². The third-order valence-corrected chi connectivity index (χ3v) is 5.51. The standard InChI is InChI=1S/C19H25N3O4/c1-12-16(13(2)26-21-12)10-22-6-5-14-8-17(25-18(14)11-22)19(23)20-9-15-4-3-7-24-15/h3-4,7,14,17-18H,5-6,8-11H2,1-2H3,(H,20,23)/t14-,17+,18+/m1/s1. The normalized spacial score (nSPS) is 26.0. The zero-order valence-corrected chi connectivity index (χ0v) is 15.2. The van der Waals surface area contributed by atoms with Crippen molar-refractivity contribution in [3.8, 4) is 0 Å². The van der Waals surface area contributed by atoms with Gasteiger partial charge in [-0.25, -0.2) is 0 Å². The second kappa shape index (κ2) is 7.25. The first-order valence-electron chi connectivity index (χ1n) is 9.20. The van der Waals surface area contributed by atoms with Gasteiger partial charge >= 0.3 is 0 Å². The predicted molar refractivity (Wildman–Crippen MR) is 93.2 cm³/mol. The minimum Gasteiger partial charge on any atom is -0.467 e. The number of piperidine rings is 1. The van der Waals surface area contributed by atoms with Crippen LogP contribution in [-0.4, -0.2) is 41.3 Å². The molecule has 26 heavy (non-hydrogen) atoms. The Labute approximate surface area is 152 Å². The van der Waals surface area contributed by atoms with Gasteiger partial charge in [0.05, 0.1) is 24.6 Å². The van der Waals surface area contributed by atoms with Gasteiger partial charge in [-0.15, -0.1) is 0 Å². The lowest BCUT2D eigenvalue weighted by atomic mass is 9.91. The molecule has 0 aliphatic carbocycles. The molecular formula is C19H25N3O4. The van der Waals surface area contributed by atoms with Gasteiger partial charge in [-0.3, -0.25) is 9.69 Å². The van der Waals surface area contributed by atoms with Gasteiger partial charge in [0.2, 0.25) is 5.91 Å². The maximum atomic E-state index is 12.4. The van der Waals surface area contributed by atoms with E-state index >= 15 is 0 Å². The number of aromatic nitrogens is 1. The number of amides is 1. The molecule has 7 nitrogen and oxygen atoms in total. The van der Waals surface area contributed by atoms with Crippen LogP contribution in [0.4, 0.5) is 0 Å². The molecule has 0 saturated carbocycles. The number of carbonyl (C=O) groups is 1. The Morgan fingerprint density at radius 3 is 3.04 bits per heavy atom. The van der Waals surface area contributed by atoms with Crippen molar-refractivity contribution in [3.05, 3.63) is 41.2 Å². The highest BCUT2D eigenvalue weighted by atomic mass is 16.5. The van der Waals surface area contributed by atoms with Crippen LogP contribution < -0.4 is 5.32 Å². The number of nitrogens with zero attached hydrogens (tertiary/aromatic N) is 2.